The Bertz CT molecular complexity index is 496. The highest BCUT2D eigenvalue weighted by Gasteiger charge is 2.19. The fraction of sp³-hybridized carbons (Fsp3) is 0.533. The third kappa shape index (κ3) is 2.77. The average Bonchev–Trinajstić information content (AvgIpc) is 2.90. The van der Waals surface area contributed by atoms with Crippen molar-refractivity contribution in [3.8, 4) is 0 Å². The maximum atomic E-state index is 14.1. The minimum absolute atomic E-state index is 0.191. The highest BCUT2D eigenvalue weighted by molar-refractivity contribution is 5.94. The van der Waals surface area contributed by atoms with Gasteiger partial charge in [-0.25, -0.2) is 4.39 Å². The van der Waals surface area contributed by atoms with Crippen LogP contribution in [0.1, 0.15) is 23.2 Å². The minimum atomic E-state index is -0.301. The molecule has 2 fully saturated rings. The van der Waals surface area contributed by atoms with E-state index < -0.39 is 0 Å². The van der Waals surface area contributed by atoms with E-state index >= 15 is 0 Å². The van der Waals surface area contributed by atoms with E-state index in [4.69, 9.17) is 0 Å². The van der Waals surface area contributed by atoms with Gasteiger partial charge in [0.15, 0.2) is 0 Å². The molecule has 1 aromatic carbocycles. The number of nitrogens with zero attached hydrogens (tertiary/aromatic N) is 1. The Kier molecular flexibility index (Phi) is 3.87. The zero-order chi connectivity index (χ0) is 13.9. The van der Waals surface area contributed by atoms with Crippen LogP contribution in [0.25, 0.3) is 0 Å². The first-order valence-electron chi connectivity index (χ1n) is 7.27. The molecule has 2 heterocycles. The molecule has 0 aromatic heterocycles. The summed E-state index contributed by atoms with van der Waals surface area (Å²) in [4.78, 5) is 14.0. The zero-order valence-electron chi connectivity index (χ0n) is 11.5. The van der Waals surface area contributed by atoms with Crippen molar-refractivity contribution in [2.24, 2.45) is 5.92 Å². The van der Waals surface area contributed by atoms with Gasteiger partial charge in [0.25, 0.3) is 5.91 Å². The lowest BCUT2D eigenvalue weighted by Gasteiger charge is -2.27. The van der Waals surface area contributed by atoms with Gasteiger partial charge in [-0.3, -0.25) is 4.79 Å². The number of nitrogens with one attached hydrogen (secondary N) is 2. The highest BCUT2D eigenvalue weighted by atomic mass is 19.1. The molecule has 1 amide bonds. The van der Waals surface area contributed by atoms with Crippen LogP contribution in [-0.2, 0) is 0 Å². The van der Waals surface area contributed by atoms with E-state index in [2.05, 4.69) is 10.6 Å². The summed E-state index contributed by atoms with van der Waals surface area (Å²) in [6.07, 6.45) is 2.22. The molecule has 2 aliphatic rings. The quantitative estimate of drug-likeness (QED) is 0.874. The summed E-state index contributed by atoms with van der Waals surface area (Å²) < 4.78 is 14.1. The number of benzene rings is 1. The monoisotopic (exact) mass is 277 g/mol. The normalized spacial score (nSPS) is 18.9. The Labute approximate surface area is 118 Å². The van der Waals surface area contributed by atoms with Gasteiger partial charge in [-0.2, -0.15) is 0 Å². The fourth-order valence-corrected chi connectivity index (χ4v) is 2.69. The molecule has 2 saturated heterocycles. The van der Waals surface area contributed by atoms with Crippen LogP contribution < -0.4 is 15.5 Å². The Balaban J connectivity index is 1.64. The maximum absolute atomic E-state index is 14.1. The molecule has 2 aliphatic heterocycles. The summed E-state index contributed by atoms with van der Waals surface area (Å²) in [7, 11) is 0. The van der Waals surface area contributed by atoms with E-state index in [1.165, 1.54) is 6.07 Å². The van der Waals surface area contributed by atoms with Crippen molar-refractivity contribution in [2.75, 3.05) is 37.6 Å². The van der Waals surface area contributed by atoms with Gasteiger partial charge < -0.3 is 15.5 Å². The van der Waals surface area contributed by atoms with Gasteiger partial charge in [-0.05, 0) is 31.0 Å². The molecule has 1 aromatic rings. The predicted octanol–water partition coefficient (Wildman–Crippen LogP) is 1.38. The van der Waals surface area contributed by atoms with Crippen LogP contribution in [0.5, 0.6) is 0 Å². The minimum Gasteiger partial charge on any atom is -0.369 e. The topological polar surface area (TPSA) is 44.4 Å². The summed E-state index contributed by atoms with van der Waals surface area (Å²) in [6.45, 7) is 4.35. The molecule has 0 radical (unpaired) electrons. The lowest BCUT2D eigenvalue weighted by atomic mass is 10.0. The number of carbonyl (C=O) groups excluding carboxylic acids is 1. The van der Waals surface area contributed by atoms with Gasteiger partial charge in [-0.15, -0.1) is 0 Å². The van der Waals surface area contributed by atoms with Crippen LogP contribution >= 0.6 is 0 Å². The third-order valence-electron chi connectivity index (χ3n) is 4.07. The molecular formula is C15H20FN3O. The number of anilines is 1. The summed E-state index contributed by atoms with van der Waals surface area (Å²) in [6, 6.07) is 4.79. The molecule has 0 bridgehead atoms. The van der Waals surface area contributed by atoms with Crippen molar-refractivity contribution in [1.29, 1.82) is 0 Å². The number of carbonyl (C=O) groups is 1. The van der Waals surface area contributed by atoms with Crippen LogP contribution in [0.4, 0.5) is 10.1 Å². The van der Waals surface area contributed by atoms with Crippen molar-refractivity contribution in [3.63, 3.8) is 0 Å². The Hall–Kier alpha value is -1.62. The molecule has 4 nitrogen and oxygen atoms in total. The molecule has 20 heavy (non-hydrogen) atoms. The molecule has 0 spiro atoms. The summed E-state index contributed by atoms with van der Waals surface area (Å²) >= 11 is 0. The van der Waals surface area contributed by atoms with E-state index in [0.717, 1.165) is 39.0 Å². The van der Waals surface area contributed by atoms with Gasteiger partial charge in [0.05, 0.1) is 5.69 Å². The predicted molar refractivity (Wildman–Crippen MR) is 76.5 cm³/mol. The van der Waals surface area contributed by atoms with E-state index in [1.807, 2.05) is 4.90 Å². The van der Waals surface area contributed by atoms with Crippen LogP contribution in [-0.4, -0.2) is 38.6 Å². The smallest absolute Gasteiger partial charge is 0.251 e. The van der Waals surface area contributed by atoms with Gasteiger partial charge in [0.1, 0.15) is 5.82 Å². The maximum Gasteiger partial charge on any atom is 0.251 e. The lowest BCUT2D eigenvalue weighted by Crippen LogP contribution is -2.48. The number of hydrogen-bond acceptors (Lipinski definition) is 3. The molecule has 2 N–H and O–H groups in total. The van der Waals surface area contributed by atoms with Gasteiger partial charge in [-0.1, -0.05) is 0 Å². The first-order valence-corrected chi connectivity index (χ1v) is 7.27. The lowest BCUT2D eigenvalue weighted by molar-refractivity contribution is 0.0942. The van der Waals surface area contributed by atoms with Crippen molar-refractivity contribution in [2.45, 2.75) is 12.8 Å². The number of hydrogen-bond donors (Lipinski definition) is 2. The number of amides is 1. The number of rotatable bonds is 4. The van der Waals surface area contributed by atoms with Gasteiger partial charge >= 0.3 is 0 Å². The first-order chi connectivity index (χ1) is 9.74. The van der Waals surface area contributed by atoms with E-state index in [1.54, 1.807) is 12.1 Å². The first kappa shape index (κ1) is 13.4. The zero-order valence-corrected chi connectivity index (χ0v) is 11.5. The van der Waals surface area contributed by atoms with E-state index in [-0.39, 0.29) is 11.7 Å². The molecule has 0 unspecified atom stereocenters. The van der Waals surface area contributed by atoms with Crippen molar-refractivity contribution in [3.05, 3.63) is 29.6 Å². The molecule has 0 saturated carbocycles. The number of halogens is 1. The van der Waals surface area contributed by atoms with Crippen LogP contribution in [0.2, 0.25) is 0 Å². The third-order valence-corrected chi connectivity index (χ3v) is 4.07. The standard InChI is InChI=1S/C15H20FN3O/c16-13-7-12(15(20)18-10-11-8-17-9-11)3-4-14(13)19-5-1-2-6-19/h3-4,7,11,17H,1-2,5-6,8-10H2,(H,18,20). The van der Waals surface area contributed by atoms with E-state index in [0.29, 0.717) is 23.7 Å². The Morgan fingerprint density at radius 2 is 2.10 bits per heavy atom. The molecule has 0 atom stereocenters. The summed E-state index contributed by atoms with van der Waals surface area (Å²) in [5.41, 5.74) is 1.01. The van der Waals surface area contributed by atoms with Crippen molar-refractivity contribution < 1.29 is 9.18 Å². The Morgan fingerprint density at radius 1 is 1.35 bits per heavy atom. The fourth-order valence-electron chi connectivity index (χ4n) is 2.69. The van der Waals surface area contributed by atoms with Crippen molar-refractivity contribution in [1.82, 2.24) is 10.6 Å². The van der Waals surface area contributed by atoms with Crippen molar-refractivity contribution >= 4 is 11.6 Å². The largest absolute Gasteiger partial charge is 0.369 e. The molecule has 3 rings (SSSR count). The second kappa shape index (κ2) is 5.79. The second-order valence-electron chi connectivity index (χ2n) is 5.59. The molecule has 5 heteroatoms. The highest BCUT2D eigenvalue weighted by Crippen LogP contribution is 2.24. The molecule has 0 aliphatic carbocycles. The van der Waals surface area contributed by atoms with Gasteiger partial charge in [0.2, 0.25) is 0 Å². The SMILES string of the molecule is O=C(NCC1CNC1)c1ccc(N2CCCC2)c(F)c1. The molecular weight excluding hydrogens is 257 g/mol. The van der Waals surface area contributed by atoms with Crippen LogP contribution in [0.15, 0.2) is 18.2 Å². The van der Waals surface area contributed by atoms with E-state index in [9.17, 15) is 9.18 Å². The van der Waals surface area contributed by atoms with Gasteiger partial charge in [0, 0.05) is 44.2 Å². The summed E-state index contributed by atoms with van der Waals surface area (Å²) in [5.74, 6) is 0.0151. The van der Waals surface area contributed by atoms with Crippen LogP contribution in [0.3, 0.4) is 0 Å². The van der Waals surface area contributed by atoms with Crippen LogP contribution in [0, 0.1) is 11.7 Å². The Morgan fingerprint density at radius 3 is 2.70 bits per heavy atom. The molecule has 108 valence electrons. The second-order valence-corrected chi connectivity index (χ2v) is 5.59. The average molecular weight is 277 g/mol. The summed E-state index contributed by atoms with van der Waals surface area (Å²) in [5, 5.41) is 6.01.